The lowest BCUT2D eigenvalue weighted by Gasteiger charge is -2.08. The van der Waals surface area contributed by atoms with Crippen molar-refractivity contribution in [3.8, 4) is 0 Å². The van der Waals surface area contributed by atoms with Crippen LogP contribution in [0.5, 0.6) is 0 Å². The number of aryl methyl sites for hydroxylation is 1. The largest absolute Gasteiger partial charge is 0.392 e. The summed E-state index contributed by atoms with van der Waals surface area (Å²) in [6.07, 6.45) is 1.49. The normalized spacial score (nSPS) is 12.8. The zero-order valence-electron chi connectivity index (χ0n) is 8.12. The van der Waals surface area contributed by atoms with Crippen molar-refractivity contribution in [2.45, 2.75) is 26.5 Å². The van der Waals surface area contributed by atoms with E-state index in [0.717, 1.165) is 12.2 Å². The van der Waals surface area contributed by atoms with Crippen LogP contribution in [0.15, 0.2) is 18.3 Å². The van der Waals surface area contributed by atoms with E-state index >= 15 is 0 Å². The van der Waals surface area contributed by atoms with E-state index in [1.807, 2.05) is 19.1 Å². The Kier molecular flexibility index (Phi) is 3.86. The Morgan fingerprint density at radius 1 is 1.62 bits per heavy atom. The van der Waals surface area contributed by atoms with Gasteiger partial charge in [-0.1, -0.05) is 6.07 Å². The highest BCUT2D eigenvalue weighted by molar-refractivity contribution is 5.17. The summed E-state index contributed by atoms with van der Waals surface area (Å²) in [6.45, 7) is 5.14. The first-order valence-electron chi connectivity index (χ1n) is 4.49. The van der Waals surface area contributed by atoms with Gasteiger partial charge in [-0.15, -0.1) is 0 Å². The number of aromatic nitrogens is 1. The second-order valence-electron chi connectivity index (χ2n) is 3.23. The number of pyridine rings is 1. The highest BCUT2D eigenvalue weighted by atomic mass is 16.3. The van der Waals surface area contributed by atoms with Crippen molar-refractivity contribution in [1.82, 2.24) is 10.3 Å². The molecule has 3 nitrogen and oxygen atoms in total. The van der Waals surface area contributed by atoms with Crippen LogP contribution in [-0.4, -0.2) is 22.7 Å². The molecule has 0 aromatic carbocycles. The molecule has 3 heteroatoms. The summed E-state index contributed by atoms with van der Waals surface area (Å²) in [6, 6.07) is 3.96. The van der Waals surface area contributed by atoms with E-state index in [2.05, 4.69) is 10.3 Å². The molecule has 0 saturated heterocycles. The zero-order chi connectivity index (χ0) is 9.68. The van der Waals surface area contributed by atoms with Crippen LogP contribution in [0.1, 0.15) is 18.2 Å². The van der Waals surface area contributed by atoms with Gasteiger partial charge in [-0.05, 0) is 25.5 Å². The van der Waals surface area contributed by atoms with Gasteiger partial charge in [-0.25, -0.2) is 0 Å². The van der Waals surface area contributed by atoms with Crippen LogP contribution in [0.4, 0.5) is 0 Å². The number of rotatable bonds is 4. The van der Waals surface area contributed by atoms with Gasteiger partial charge in [0.15, 0.2) is 0 Å². The third kappa shape index (κ3) is 3.53. The molecule has 1 atom stereocenters. The number of aliphatic hydroxyl groups excluding tert-OH is 1. The summed E-state index contributed by atoms with van der Waals surface area (Å²) in [4.78, 5) is 4.17. The van der Waals surface area contributed by atoms with Crippen LogP contribution in [0, 0.1) is 6.92 Å². The molecule has 0 aliphatic rings. The minimum absolute atomic E-state index is 0.294. The smallest absolute Gasteiger partial charge is 0.0636 e. The first-order chi connectivity index (χ1) is 6.20. The molecule has 0 radical (unpaired) electrons. The highest BCUT2D eigenvalue weighted by Gasteiger charge is 1.98. The molecule has 13 heavy (non-hydrogen) atoms. The van der Waals surface area contributed by atoms with Gasteiger partial charge < -0.3 is 10.4 Å². The van der Waals surface area contributed by atoms with E-state index in [4.69, 9.17) is 5.11 Å². The van der Waals surface area contributed by atoms with Crippen molar-refractivity contribution in [2.24, 2.45) is 0 Å². The van der Waals surface area contributed by atoms with E-state index in [-0.39, 0.29) is 6.10 Å². The average Bonchev–Trinajstić information content (AvgIpc) is 2.08. The second-order valence-corrected chi connectivity index (χ2v) is 3.23. The maximum absolute atomic E-state index is 9.02. The topological polar surface area (TPSA) is 45.2 Å². The van der Waals surface area contributed by atoms with E-state index in [9.17, 15) is 0 Å². The Labute approximate surface area is 78.8 Å². The van der Waals surface area contributed by atoms with Gasteiger partial charge in [-0.3, -0.25) is 4.98 Å². The molecule has 0 saturated carbocycles. The van der Waals surface area contributed by atoms with E-state index in [1.165, 1.54) is 5.56 Å². The van der Waals surface area contributed by atoms with Crippen molar-refractivity contribution in [2.75, 3.05) is 6.54 Å². The predicted molar refractivity (Wildman–Crippen MR) is 52.4 cm³/mol. The third-order valence-corrected chi connectivity index (χ3v) is 1.87. The van der Waals surface area contributed by atoms with Crippen LogP contribution in [0.25, 0.3) is 0 Å². The summed E-state index contributed by atoms with van der Waals surface area (Å²) in [5, 5.41) is 12.2. The van der Waals surface area contributed by atoms with E-state index in [1.54, 1.807) is 13.1 Å². The summed E-state index contributed by atoms with van der Waals surface area (Å²) in [5.74, 6) is 0. The number of nitrogens with zero attached hydrogens (tertiary/aromatic N) is 1. The second kappa shape index (κ2) is 4.94. The van der Waals surface area contributed by atoms with Crippen LogP contribution < -0.4 is 5.32 Å². The highest BCUT2D eigenvalue weighted by Crippen LogP contribution is 2.02. The molecule has 1 unspecified atom stereocenters. The first kappa shape index (κ1) is 10.2. The number of hydrogen-bond acceptors (Lipinski definition) is 3. The summed E-state index contributed by atoms with van der Waals surface area (Å²) >= 11 is 0. The van der Waals surface area contributed by atoms with Gasteiger partial charge in [0.05, 0.1) is 6.10 Å². The van der Waals surface area contributed by atoms with Crippen LogP contribution >= 0.6 is 0 Å². The molecular formula is C10H16N2O. The SMILES string of the molecule is Cc1ncccc1CNCC(C)O. The van der Waals surface area contributed by atoms with Gasteiger partial charge in [0, 0.05) is 25.0 Å². The molecule has 72 valence electrons. The van der Waals surface area contributed by atoms with Crippen molar-refractivity contribution >= 4 is 0 Å². The minimum Gasteiger partial charge on any atom is -0.392 e. The molecular weight excluding hydrogens is 164 g/mol. The van der Waals surface area contributed by atoms with Gasteiger partial charge in [0.1, 0.15) is 0 Å². The quantitative estimate of drug-likeness (QED) is 0.722. The van der Waals surface area contributed by atoms with E-state index < -0.39 is 0 Å². The van der Waals surface area contributed by atoms with Gasteiger partial charge >= 0.3 is 0 Å². The fourth-order valence-corrected chi connectivity index (χ4v) is 1.12. The zero-order valence-corrected chi connectivity index (χ0v) is 8.12. The lowest BCUT2D eigenvalue weighted by Crippen LogP contribution is -2.24. The molecule has 1 aromatic heterocycles. The third-order valence-electron chi connectivity index (χ3n) is 1.87. The van der Waals surface area contributed by atoms with Gasteiger partial charge in [-0.2, -0.15) is 0 Å². The van der Waals surface area contributed by atoms with Crippen molar-refractivity contribution in [1.29, 1.82) is 0 Å². The predicted octanol–water partition coefficient (Wildman–Crippen LogP) is 0.860. The average molecular weight is 180 g/mol. The number of hydrogen-bond donors (Lipinski definition) is 2. The Morgan fingerprint density at radius 2 is 2.38 bits per heavy atom. The molecule has 1 heterocycles. The van der Waals surface area contributed by atoms with Gasteiger partial charge in [0.2, 0.25) is 0 Å². The van der Waals surface area contributed by atoms with Crippen LogP contribution in [-0.2, 0) is 6.54 Å². The summed E-state index contributed by atoms with van der Waals surface area (Å²) in [7, 11) is 0. The molecule has 0 amide bonds. The Hall–Kier alpha value is -0.930. The van der Waals surface area contributed by atoms with Crippen molar-refractivity contribution in [3.63, 3.8) is 0 Å². The van der Waals surface area contributed by atoms with Gasteiger partial charge in [0.25, 0.3) is 0 Å². The monoisotopic (exact) mass is 180 g/mol. The lowest BCUT2D eigenvalue weighted by atomic mass is 10.2. The number of aliphatic hydroxyl groups is 1. The number of nitrogens with one attached hydrogen (secondary N) is 1. The molecule has 2 N–H and O–H groups in total. The summed E-state index contributed by atoms with van der Waals surface area (Å²) < 4.78 is 0. The maximum Gasteiger partial charge on any atom is 0.0636 e. The minimum atomic E-state index is -0.294. The standard InChI is InChI=1S/C10H16N2O/c1-8(13)6-11-7-10-4-3-5-12-9(10)2/h3-5,8,11,13H,6-7H2,1-2H3. The molecule has 1 rings (SSSR count). The molecule has 1 aromatic rings. The van der Waals surface area contributed by atoms with Crippen LogP contribution in [0.2, 0.25) is 0 Å². The molecule has 0 aliphatic carbocycles. The van der Waals surface area contributed by atoms with Crippen molar-refractivity contribution < 1.29 is 5.11 Å². The fourth-order valence-electron chi connectivity index (χ4n) is 1.12. The summed E-state index contributed by atoms with van der Waals surface area (Å²) in [5.41, 5.74) is 2.23. The van der Waals surface area contributed by atoms with Crippen LogP contribution in [0.3, 0.4) is 0 Å². The molecule has 0 spiro atoms. The molecule has 0 aliphatic heterocycles. The maximum atomic E-state index is 9.02. The Bertz CT molecular complexity index is 261. The lowest BCUT2D eigenvalue weighted by molar-refractivity contribution is 0.191. The Balaban J connectivity index is 2.41. The molecule has 0 fully saturated rings. The Morgan fingerprint density at radius 3 is 3.00 bits per heavy atom. The van der Waals surface area contributed by atoms with E-state index in [0.29, 0.717) is 6.54 Å². The first-order valence-corrected chi connectivity index (χ1v) is 4.49. The fraction of sp³-hybridized carbons (Fsp3) is 0.500. The molecule has 0 bridgehead atoms. The van der Waals surface area contributed by atoms with Crippen molar-refractivity contribution in [3.05, 3.63) is 29.6 Å².